The standard InChI is InChI=1S/C29H24FN7O.C2H6/c1-2-3-10-25(38)33-21-12-18(14-31-16-21)19-13-23-27(36-37-28(23)32-15-19)29-34-24-9-5-8-22(26(24)35-29)17-6-4-7-20(30)11-17;1-2/h4-9,11-16H,2-3,10H2,1H3,(H,33,38)(H,34,35)(H,32,36,37);1-2H3. The number of anilines is 1. The number of aromatic amines is 2. The van der Waals surface area contributed by atoms with E-state index in [9.17, 15) is 9.18 Å². The number of imidazole rings is 1. The van der Waals surface area contributed by atoms with Crippen LogP contribution in [0, 0.1) is 5.82 Å². The van der Waals surface area contributed by atoms with Gasteiger partial charge in [-0.25, -0.2) is 14.4 Å². The van der Waals surface area contributed by atoms with Crippen LogP contribution in [0.25, 0.3) is 55.8 Å². The molecule has 0 aliphatic carbocycles. The minimum atomic E-state index is -0.299. The third kappa shape index (κ3) is 5.44. The molecule has 0 atom stereocenters. The third-order valence-electron chi connectivity index (χ3n) is 6.41. The number of fused-ring (bicyclic) bond motifs is 2. The summed E-state index contributed by atoms with van der Waals surface area (Å²) in [6.07, 6.45) is 7.37. The Balaban J connectivity index is 0.00000158. The van der Waals surface area contributed by atoms with Crippen LogP contribution in [0.15, 0.2) is 73.2 Å². The second-order valence-corrected chi connectivity index (χ2v) is 9.11. The first-order valence-electron chi connectivity index (χ1n) is 13.4. The van der Waals surface area contributed by atoms with Gasteiger partial charge in [0.2, 0.25) is 5.91 Å². The summed E-state index contributed by atoms with van der Waals surface area (Å²) in [5.41, 5.74) is 6.65. The Bertz CT molecular complexity index is 1790. The van der Waals surface area contributed by atoms with Gasteiger partial charge in [-0.15, -0.1) is 0 Å². The minimum Gasteiger partial charge on any atom is -0.337 e. The Hall–Kier alpha value is -4.92. The lowest BCUT2D eigenvalue weighted by Gasteiger charge is -2.07. The van der Waals surface area contributed by atoms with E-state index >= 15 is 0 Å². The summed E-state index contributed by atoms with van der Waals surface area (Å²) in [6, 6.07) is 16.1. The number of aromatic nitrogens is 6. The number of carbonyl (C=O) groups is 1. The molecule has 4 heterocycles. The van der Waals surface area contributed by atoms with E-state index in [-0.39, 0.29) is 11.7 Å². The number of hydrogen-bond donors (Lipinski definition) is 3. The zero-order chi connectivity index (χ0) is 28.1. The predicted molar refractivity (Wildman–Crippen MR) is 157 cm³/mol. The van der Waals surface area contributed by atoms with Gasteiger partial charge >= 0.3 is 0 Å². The highest BCUT2D eigenvalue weighted by atomic mass is 19.1. The Morgan fingerprint density at radius 3 is 2.62 bits per heavy atom. The number of hydrogen-bond acceptors (Lipinski definition) is 5. The van der Waals surface area contributed by atoms with Crippen molar-refractivity contribution in [3.63, 3.8) is 0 Å². The molecule has 1 amide bonds. The molecule has 0 unspecified atom stereocenters. The van der Waals surface area contributed by atoms with Gasteiger partial charge < -0.3 is 10.3 Å². The SMILES string of the molecule is CC.CCCCC(=O)Nc1cncc(-c2cnc3n[nH]c(-c4nc5c(-c6cccc(F)c6)cccc5[nH]4)c3c2)c1. The van der Waals surface area contributed by atoms with Crippen molar-refractivity contribution in [1.29, 1.82) is 0 Å². The molecule has 4 aromatic heterocycles. The molecule has 2 aromatic carbocycles. The summed E-state index contributed by atoms with van der Waals surface area (Å²) in [7, 11) is 0. The number of H-pyrrole nitrogens is 2. The number of carbonyl (C=O) groups excluding carboxylic acids is 1. The molecule has 0 saturated carbocycles. The number of unbranched alkanes of at least 4 members (excludes halogenated alkanes) is 1. The van der Waals surface area contributed by atoms with Crippen molar-refractivity contribution in [3.8, 4) is 33.8 Å². The fraction of sp³-hybridized carbons (Fsp3) is 0.194. The van der Waals surface area contributed by atoms with Gasteiger partial charge in [-0.1, -0.05) is 51.5 Å². The first-order chi connectivity index (χ1) is 19.6. The number of amides is 1. The lowest BCUT2D eigenvalue weighted by Crippen LogP contribution is -2.11. The summed E-state index contributed by atoms with van der Waals surface area (Å²) >= 11 is 0. The van der Waals surface area contributed by atoms with Crippen molar-refractivity contribution < 1.29 is 9.18 Å². The Labute approximate surface area is 231 Å². The number of pyridine rings is 2. The molecule has 8 nitrogen and oxygen atoms in total. The van der Waals surface area contributed by atoms with Crippen LogP contribution in [-0.4, -0.2) is 36.0 Å². The maximum absolute atomic E-state index is 13.9. The van der Waals surface area contributed by atoms with E-state index in [2.05, 4.69) is 37.4 Å². The number of halogens is 1. The van der Waals surface area contributed by atoms with Gasteiger partial charge in [0, 0.05) is 35.5 Å². The highest BCUT2D eigenvalue weighted by molar-refractivity contribution is 5.97. The first kappa shape index (κ1) is 26.7. The smallest absolute Gasteiger partial charge is 0.224 e. The Morgan fingerprint density at radius 1 is 0.975 bits per heavy atom. The van der Waals surface area contributed by atoms with Crippen LogP contribution in [0.5, 0.6) is 0 Å². The van der Waals surface area contributed by atoms with Gasteiger partial charge in [0.1, 0.15) is 11.5 Å². The molecule has 0 aliphatic heterocycles. The average molecular weight is 536 g/mol. The van der Waals surface area contributed by atoms with Crippen LogP contribution in [0.4, 0.5) is 10.1 Å². The number of rotatable bonds is 7. The van der Waals surface area contributed by atoms with E-state index in [1.54, 1.807) is 24.7 Å². The molecule has 6 aromatic rings. The monoisotopic (exact) mass is 535 g/mol. The van der Waals surface area contributed by atoms with Gasteiger partial charge in [0.05, 0.1) is 28.3 Å². The molecule has 0 aliphatic rings. The first-order valence-corrected chi connectivity index (χ1v) is 13.4. The molecule has 40 heavy (non-hydrogen) atoms. The van der Waals surface area contributed by atoms with E-state index in [1.165, 1.54) is 12.1 Å². The summed E-state index contributed by atoms with van der Waals surface area (Å²) in [5, 5.41) is 11.1. The van der Waals surface area contributed by atoms with Crippen LogP contribution < -0.4 is 5.32 Å². The summed E-state index contributed by atoms with van der Waals surface area (Å²) < 4.78 is 13.9. The zero-order valence-electron chi connectivity index (χ0n) is 22.6. The summed E-state index contributed by atoms with van der Waals surface area (Å²) in [6.45, 7) is 6.05. The lowest BCUT2D eigenvalue weighted by molar-refractivity contribution is -0.116. The van der Waals surface area contributed by atoms with Crippen LogP contribution in [-0.2, 0) is 4.79 Å². The molecule has 0 fully saturated rings. The maximum atomic E-state index is 13.9. The highest BCUT2D eigenvalue weighted by Crippen LogP contribution is 2.33. The second kappa shape index (κ2) is 11.9. The highest BCUT2D eigenvalue weighted by Gasteiger charge is 2.16. The molecule has 9 heteroatoms. The van der Waals surface area contributed by atoms with Crippen molar-refractivity contribution in [1.82, 2.24) is 30.1 Å². The largest absolute Gasteiger partial charge is 0.337 e. The van der Waals surface area contributed by atoms with Gasteiger partial charge in [-0.2, -0.15) is 5.10 Å². The van der Waals surface area contributed by atoms with E-state index in [4.69, 9.17) is 4.98 Å². The lowest BCUT2D eigenvalue weighted by atomic mass is 10.0. The molecule has 0 bridgehead atoms. The summed E-state index contributed by atoms with van der Waals surface area (Å²) in [5.74, 6) is 0.270. The van der Waals surface area contributed by atoms with Crippen LogP contribution in [0.2, 0.25) is 0 Å². The van der Waals surface area contributed by atoms with Gasteiger partial charge in [0.25, 0.3) is 0 Å². The van der Waals surface area contributed by atoms with Crippen molar-refractivity contribution in [3.05, 3.63) is 79.0 Å². The van der Waals surface area contributed by atoms with Gasteiger partial charge in [-0.05, 0) is 42.3 Å². The number of para-hydroxylation sites is 1. The molecule has 0 radical (unpaired) electrons. The van der Waals surface area contributed by atoms with E-state index < -0.39 is 0 Å². The molecule has 0 spiro atoms. The molecular weight excluding hydrogens is 505 g/mol. The van der Waals surface area contributed by atoms with Crippen LogP contribution >= 0.6 is 0 Å². The fourth-order valence-corrected chi connectivity index (χ4v) is 4.50. The Kier molecular flexibility index (Phi) is 7.91. The number of benzene rings is 2. The van der Waals surface area contributed by atoms with Crippen molar-refractivity contribution in [2.24, 2.45) is 0 Å². The van der Waals surface area contributed by atoms with Crippen LogP contribution in [0.1, 0.15) is 40.0 Å². The Morgan fingerprint density at radius 2 is 1.80 bits per heavy atom. The van der Waals surface area contributed by atoms with Gasteiger partial charge in [0.15, 0.2) is 11.5 Å². The topological polar surface area (TPSA) is 112 Å². The minimum absolute atomic E-state index is 0.0287. The molecular formula is C31H30FN7O. The molecule has 202 valence electrons. The normalized spacial score (nSPS) is 10.9. The van der Waals surface area contributed by atoms with Crippen molar-refractivity contribution in [2.45, 2.75) is 40.0 Å². The van der Waals surface area contributed by atoms with E-state index in [0.717, 1.165) is 51.5 Å². The van der Waals surface area contributed by atoms with E-state index in [0.29, 0.717) is 29.3 Å². The van der Waals surface area contributed by atoms with Crippen LogP contribution in [0.3, 0.4) is 0 Å². The number of nitrogens with one attached hydrogen (secondary N) is 3. The van der Waals surface area contributed by atoms with Crippen molar-refractivity contribution >= 4 is 33.7 Å². The quantitative estimate of drug-likeness (QED) is 0.196. The second-order valence-electron chi connectivity index (χ2n) is 9.11. The summed E-state index contributed by atoms with van der Waals surface area (Å²) in [4.78, 5) is 29.2. The predicted octanol–water partition coefficient (Wildman–Crippen LogP) is 7.52. The van der Waals surface area contributed by atoms with Gasteiger partial charge in [-0.3, -0.25) is 14.9 Å². The molecule has 3 N–H and O–H groups in total. The zero-order valence-corrected chi connectivity index (χ0v) is 22.6. The number of nitrogens with zero attached hydrogens (tertiary/aromatic N) is 4. The van der Waals surface area contributed by atoms with Crippen molar-refractivity contribution in [2.75, 3.05) is 5.32 Å². The van der Waals surface area contributed by atoms with E-state index in [1.807, 2.05) is 50.2 Å². The average Bonchev–Trinajstić information content (AvgIpc) is 3.61. The fourth-order valence-electron chi connectivity index (χ4n) is 4.50. The molecule has 0 saturated heterocycles. The maximum Gasteiger partial charge on any atom is 0.224 e. The molecule has 6 rings (SSSR count). The third-order valence-corrected chi connectivity index (χ3v) is 6.41.